The van der Waals surface area contributed by atoms with E-state index in [0.29, 0.717) is 11.2 Å². The fourth-order valence-electron chi connectivity index (χ4n) is 0.620. The lowest BCUT2D eigenvalue weighted by Crippen LogP contribution is -1.99. The van der Waals surface area contributed by atoms with E-state index in [1.807, 2.05) is 0 Å². The minimum absolute atomic E-state index is 0.00690. The van der Waals surface area contributed by atoms with Crippen LogP contribution in [0.25, 0.3) is 0 Å². The Bertz CT molecular complexity index is 285. The van der Waals surface area contributed by atoms with Crippen molar-refractivity contribution in [2.45, 2.75) is 0 Å². The first-order chi connectivity index (χ1) is 5.25. The van der Waals surface area contributed by atoms with Crippen LogP contribution in [0, 0.1) is 0 Å². The quantitative estimate of drug-likeness (QED) is 0.225. The van der Waals surface area contributed by atoms with Crippen molar-refractivity contribution < 1.29 is 9.59 Å². The number of carbonyl (C=O) groups excluding carboxylic acids is 2. The molecule has 1 aromatic heterocycles. The van der Waals surface area contributed by atoms with Crippen LogP contribution in [0.1, 0.15) is 9.67 Å². The summed E-state index contributed by atoms with van der Waals surface area (Å²) in [5.41, 5.74) is 0.00690. The topological polar surface area (TPSA) is 34.1 Å². The third kappa shape index (κ3) is 1.62. The molecule has 0 spiro atoms. The number of hydrogen-bond acceptors (Lipinski definition) is 3. The lowest BCUT2D eigenvalue weighted by Gasteiger charge is -1.90. The van der Waals surface area contributed by atoms with Gasteiger partial charge in [-0.15, -0.1) is 11.3 Å². The molecule has 11 heavy (non-hydrogen) atoms. The molecule has 0 unspecified atom stereocenters. The molecule has 0 atom stereocenters. The Kier molecular flexibility index (Phi) is 2.33. The number of allylic oxidation sites excluding steroid dienone is 1. The molecule has 0 amide bonds. The van der Waals surface area contributed by atoms with Crippen LogP contribution in [0.4, 0.5) is 0 Å². The van der Waals surface area contributed by atoms with Gasteiger partial charge < -0.3 is 0 Å². The second kappa shape index (κ2) is 3.25. The summed E-state index contributed by atoms with van der Waals surface area (Å²) >= 11 is 1.31. The van der Waals surface area contributed by atoms with Crippen LogP contribution in [0.3, 0.4) is 0 Å². The molecule has 0 aromatic carbocycles. The zero-order valence-corrected chi connectivity index (χ0v) is 6.56. The van der Waals surface area contributed by atoms with Gasteiger partial charge in [0, 0.05) is 0 Å². The van der Waals surface area contributed by atoms with Gasteiger partial charge in [0.2, 0.25) is 5.78 Å². The summed E-state index contributed by atoms with van der Waals surface area (Å²) in [4.78, 5) is 21.8. The van der Waals surface area contributed by atoms with Gasteiger partial charge in [-0.2, -0.15) is 0 Å². The van der Waals surface area contributed by atoms with E-state index in [-0.39, 0.29) is 11.4 Å². The molecule has 0 saturated carbocycles. The SMILES string of the molecule is C=C(C=O)C(=O)c1cccs1. The van der Waals surface area contributed by atoms with Gasteiger partial charge in [-0.25, -0.2) is 0 Å². The van der Waals surface area contributed by atoms with Crippen LogP contribution in [0.15, 0.2) is 29.7 Å². The molecule has 1 heterocycles. The summed E-state index contributed by atoms with van der Waals surface area (Å²) in [5, 5.41) is 1.78. The highest BCUT2D eigenvalue weighted by atomic mass is 32.1. The standard InChI is InChI=1S/C8H6O2S/c1-6(5-9)8(10)7-3-2-4-11-7/h2-5H,1H2. The summed E-state index contributed by atoms with van der Waals surface area (Å²) in [5.74, 6) is -0.282. The Labute approximate surface area is 68.2 Å². The van der Waals surface area contributed by atoms with Gasteiger partial charge in [0.25, 0.3) is 0 Å². The highest BCUT2D eigenvalue weighted by molar-refractivity contribution is 7.12. The van der Waals surface area contributed by atoms with Crippen molar-refractivity contribution in [3.63, 3.8) is 0 Å². The number of aldehydes is 1. The molecule has 0 aliphatic rings. The van der Waals surface area contributed by atoms with E-state index < -0.39 is 0 Å². The van der Waals surface area contributed by atoms with E-state index in [1.165, 1.54) is 11.3 Å². The minimum Gasteiger partial charge on any atom is -0.298 e. The fraction of sp³-hybridized carbons (Fsp3) is 0. The monoisotopic (exact) mass is 166 g/mol. The Balaban J connectivity index is 2.87. The first-order valence-electron chi connectivity index (χ1n) is 2.98. The number of Topliss-reactive ketones (excluding diaryl/α,β-unsaturated/α-hetero) is 1. The molecule has 0 radical (unpaired) electrons. The van der Waals surface area contributed by atoms with E-state index in [1.54, 1.807) is 17.5 Å². The molecule has 0 fully saturated rings. The summed E-state index contributed by atoms with van der Waals surface area (Å²) in [6.07, 6.45) is 0.474. The van der Waals surface area contributed by atoms with Crippen LogP contribution in [0.5, 0.6) is 0 Å². The number of ketones is 1. The van der Waals surface area contributed by atoms with Crippen molar-refractivity contribution >= 4 is 23.4 Å². The van der Waals surface area contributed by atoms with Gasteiger partial charge in [-0.3, -0.25) is 9.59 Å². The first-order valence-corrected chi connectivity index (χ1v) is 3.86. The number of carbonyl (C=O) groups is 2. The first kappa shape index (κ1) is 7.88. The van der Waals surface area contributed by atoms with Crippen LogP contribution in [-0.2, 0) is 4.79 Å². The summed E-state index contributed by atoms with van der Waals surface area (Å²) < 4.78 is 0. The molecule has 0 saturated heterocycles. The van der Waals surface area contributed by atoms with E-state index >= 15 is 0 Å². The molecule has 2 nitrogen and oxygen atoms in total. The van der Waals surface area contributed by atoms with E-state index in [4.69, 9.17) is 0 Å². The van der Waals surface area contributed by atoms with Crippen molar-refractivity contribution in [2.75, 3.05) is 0 Å². The predicted molar refractivity (Wildman–Crippen MR) is 43.9 cm³/mol. The van der Waals surface area contributed by atoms with E-state index in [9.17, 15) is 9.59 Å². The van der Waals surface area contributed by atoms with Gasteiger partial charge in [-0.05, 0) is 11.4 Å². The maximum atomic E-state index is 11.1. The zero-order chi connectivity index (χ0) is 8.27. The zero-order valence-electron chi connectivity index (χ0n) is 5.74. The summed E-state index contributed by atoms with van der Waals surface area (Å²) in [6, 6.07) is 3.43. The molecule has 0 aliphatic carbocycles. The second-order valence-electron chi connectivity index (χ2n) is 1.95. The van der Waals surface area contributed by atoms with Crippen molar-refractivity contribution in [1.82, 2.24) is 0 Å². The molecule has 3 heteroatoms. The predicted octanol–water partition coefficient (Wildman–Crippen LogP) is 1.69. The molecule has 1 rings (SSSR count). The van der Waals surface area contributed by atoms with Crippen molar-refractivity contribution in [3.8, 4) is 0 Å². The molecule has 0 N–H and O–H groups in total. The Morgan fingerprint density at radius 3 is 2.82 bits per heavy atom. The molecular weight excluding hydrogens is 160 g/mol. The van der Waals surface area contributed by atoms with Crippen molar-refractivity contribution in [2.24, 2.45) is 0 Å². The molecule has 56 valence electrons. The molecule has 1 aromatic rings. The van der Waals surface area contributed by atoms with Gasteiger partial charge in [0.05, 0.1) is 10.5 Å². The Morgan fingerprint density at radius 1 is 1.64 bits per heavy atom. The van der Waals surface area contributed by atoms with Crippen molar-refractivity contribution in [3.05, 3.63) is 34.5 Å². The summed E-state index contributed by atoms with van der Waals surface area (Å²) in [7, 11) is 0. The third-order valence-electron chi connectivity index (χ3n) is 1.18. The minimum atomic E-state index is -0.282. The maximum Gasteiger partial charge on any atom is 0.205 e. The van der Waals surface area contributed by atoms with Crippen molar-refractivity contribution in [1.29, 1.82) is 0 Å². The summed E-state index contributed by atoms with van der Waals surface area (Å²) in [6.45, 7) is 3.32. The molecule has 0 aliphatic heterocycles. The lowest BCUT2D eigenvalue weighted by molar-refractivity contribution is -0.104. The number of rotatable bonds is 3. The Hall–Kier alpha value is -1.22. The molecule has 0 bridgehead atoms. The van der Waals surface area contributed by atoms with Crippen LogP contribution >= 0.6 is 11.3 Å². The number of hydrogen-bond donors (Lipinski definition) is 0. The Morgan fingerprint density at radius 2 is 2.36 bits per heavy atom. The largest absolute Gasteiger partial charge is 0.298 e. The van der Waals surface area contributed by atoms with Gasteiger partial charge in [-0.1, -0.05) is 12.6 Å². The smallest absolute Gasteiger partial charge is 0.205 e. The maximum absolute atomic E-state index is 11.1. The van der Waals surface area contributed by atoms with E-state index in [2.05, 4.69) is 6.58 Å². The van der Waals surface area contributed by atoms with Gasteiger partial charge >= 0.3 is 0 Å². The van der Waals surface area contributed by atoms with Gasteiger partial charge in [0.15, 0.2) is 6.29 Å². The molecular formula is C8H6O2S. The number of thiophene rings is 1. The highest BCUT2D eigenvalue weighted by Crippen LogP contribution is 2.11. The average molecular weight is 166 g/mol. The average Bonchev–Trinajstić information content (AvgIpc) is 2.53. The van der Waals surface area contributed by atoms with Crippen LogP contribution in [-0.4, -0.2) is 12.1 Å². The van der Waals surface area contributed by atoms with Gasteiger partial charge in [0.1, 0.15) is 0 Å². The van der Waals surface area contributed by atoms with E-state index in [0.717, 1.165) is 0 Å². The third-order valence-corrected chi connectivity index (χ3v) is 2.05. The highest BCUT2D eigenvalue weighted by Gasteiger charge is 2.08. The van der Waals surface area contributed by atoms with Crippen LogP contribution in [0.2, 0.25) is 0 Å². The van der Waals surface area contributed by atoms with Crippen LogP contribution < -0.4 is 0 Å². The fourth-order valence-corrected chi connectivity index (χ4v) is 1.32. The second-order valence-corrected chi connectivity index (χ2v) is 2.90. The normalized spacial score (nSPS) is 9.09. The lowest BCUT2D eigenvalue weighted by atomic mass is 10.2.